The van der Waals surface area contributed by atoms with Crippen molar-refractivity contribution in [3.63, 3.8) is 0 Å². The van der Waals surface area contributed by atoms with Gasteiger partial charge in [0.15, 0.2) is 5.82 Å². The molecule has 2 heterocycles. The molecule has 5 nitrogen and oxygen atoms in total. The van der Waals surface area contributed by atoms with Crippen LogP contribution in [0.4, 0.5) is 14.6 Å². The van der Waals surface area contributed by atoms with Gasteiger partial charge in [0.05, 0.1) is 5.52 Å². The number of hydrogen-bond donors (Lipinski definition) is 1. The molecule has 0 radical (unpaired) electrons. The molecule has 2 aromatic heterocycles. The molecule has 0 atom stereocenters. The van der Waals surface area contributed by atoms with Gasteiger partial charge in [0.25, 0.3) is 0 Å². The monoisotopic (exact) mass is 406 g/mol. The number of fused-ring (bicyclic) bond motifs is 1. The van der Waals surface area contributed by atoms with Crippen LogP contribution >= 0.6 is 0 Å². The van der Waals surface area contributed by atoms with Crippen LogP contribution in [0.2, 0.25) is 0 Å². The maximum Gasteiger partial charge on any atom is 0.163 e. The Kier molecular flexibility index (Phi) is 5.63. The highest BCUT2D eigenvalue weighted by atomic mass is 19.1. The van der Waals surface area contributed by atoms with Crippen LogP contribution in [0.15, 0.2) is 60.9 Å². The number of benzene rings is 2. The van der Waals surface area contributed by atoms with E-state index in [9.17, 15) is 13.9 Å². The number of aliphatic hydroxyl groups excluding tert-OH is 1. The molecular weight excluding hydrogens is 386 g/mol. The first-order valence-electron chi connectivity index (χ1n) is 9.56. The van der Waals surface area contributed by atoms with Gasteiger partial charge >= 0.3 is 0 Å². The van der Waals surface area contributed by atoms with E-state index >= 15 is 0 Å². The maximum absolute atomic E-state index is 14.3. The molecule has 0 aliphatic rings. The van der Waals surface area contributed by atoms with E-state index in [1.54, 1.807) is 24.5 Å². The molecule has 0 unspecified atom stereocenters. The summed E-state index contributed by atoms with van der Waals surface area (Å²) in [6, 6.07) is 12.6. The number of rotatable bonds is 6. The number of nitrogens with zero attached hydrogens (tertiary/aromatic N) is 4. The van der Waals surface area contributed by atoms with E-state index in [1.165, 1.54) is 12.1 Å². The van der Waals surface area contributed by atoms with E-state index in [2.05, 4.69) is 9.97 Å². The van der Waals surface area contributed by atoms with E-state index in [0.29, 0.717) is 41.3 Å². The highest BCUT2D eigenvalue weighted by Crippen LogP contribution is 2.32. The lowest BCUT2D eigenvalue weighted by Crippen LogP contribution is -2.21. The van der Waals surface area contributed by atoms with Gasteiger partial charge in [-0.15, -0.1) is 0 Å². The van der Waals surface area contributed by atoms with Gasteiger partial charge in [-0.05, 0) is 48.4 Å². The van der Waals surface area contributed by atoms with Gasteiger partial charge in [-0.2, -0.15) is 0 Å². The summed E-state index contributed by atoms with van der Waals surface area (Å²) in [6.45, 7) is 0.652. The Hall–Kier alpha value is -3.45. The minimum atomic E-state index is -0.627. The van der Waals surface area contributed by atoms with Crippen LogP contribution in [-0.2, 0) is 0 Å². The van der Waals surface area contributed by atoms with E-state index in [4.69, 9.17) is 4.98 Å². The minimum Gasteiger partial charge on any atom is -0.396 e. The second-order valence-electron chi connectivity index (χ2n) is 6.97. The lowest BCUT2D eigenvalue weighted by Gasteiger charge is -2.20. The quantitative estimate of drug-likeness (QED) is 0.512. The van der Waals surface area contributed by atoms with Crippen LogP contribution in [0.1, 0.15) is 6.42 Å². The summed E-state index contributed by atoms with van der Waals surface area (Å²) in [4.78, 5) is 15.5. The highest BCUT2D eigenvalue weighted by Gasteiger charge is 2.15. The predicted octanol–water partition coefficient (Wildman–Crippen LogP) is 4.46. The van der Waals surface area contributed by atoms with Crippen LogP contribution in [0.25, 0.3) is 33.4 Å². The Balaban J connectivity index is 1.89. The summed E-state index contributed by atoms with van der Waals surface area (Å²) < 4.78 is 27.6. The Labute approximate surface area is 172 Å². The van der Waals surface area contributed by atoms with Crippen molar-refractivity contribution in [2.45, 2.75) is 6.42 Å². The number of pyridine rings is 1. The number of aromatic nitrogens is 3. The number of anilines is 1. The highest BCUT2D eigenvalue weighted by molar-refractivity contribution is 5.94. The van der Waals surface area contributed by atoms with Crippen molar-refractivity contribution < 1.29 is 13.9 Å². The fourth-order valence-electron chi connectivity index (χ4n) is 3.33. The standard InChI is InChI=1S/C23H20F2N4O/c1-29(10-3-11-30)23-19-12-15(18-7-6-17(24)13-20(18)25)5-8-21(19)27-22(28-23)16-4-2-9-26-14-16/h2,4-9,12-14,30H,3,10-11H2,1H3. The largest absolute Gasteiger partial charge is 0.396 e. The van der Waals surface area contributed by atoms with Gasteiger partial charge in [-0.1, -0.05) is 6.07 Å². The number of halogens is 2. The molecule has 0 fully saturated rings. The van der Waals surface area contributed by atoms with Gasteiger partial charge in [0, 0.05) is 55.2 Å². The van der Waals surface area contributed by atoms with E-state index in [0.717, 1.165) is 17.0 Å². The molecule has 4 rings (SSSR count). The molecule has 2 aromatic carbocycles. The van der Waals surface area contributed by atoms with Gasteiger partial charge in [0.2, 0.25) is 0 Å². The van der Waals surface area contributed by atoms with Crippen molar-refractivity contribution in [1.82, 2.24) is 15.0 Å². The number of aliphatic hydroxyl groups is 1. The van der Waals surface area contributed by atoms with Crippen LogP contribution in [-0.4, -0.2) is 40.3 Å². The molecule has 0 spiro atoms. The van der Waals surface area contributed by atoms with E-state index in [1.807, 2.05) is 30.1 Å². The lowest BCUT2D eigenvalue weighted by atomic mass is 10.0. The maximum atomic E-state index is 14.3. The SMILES string of the molecule is CN(CCCO)c1nc(-c2cccnc2)nc2ccc(-c3ccc(F)cc3F)cc12. The number of hydrogen-bond acceptors (Lipinski definition) is 5. The molecule has 0 bridgehead atoms. The lowest BCUT2D eigenvalue weighted by molar-refractivity contribution is 0.290. The average molecular weight is 406 g/mol. The van der Waals surface area contributed by atoms with Gasteiger partial charge < -0.3 is 10.0 Å². The second-order valence-corrected chi connectivity index (χ2v) is 6.97. The second kappa shape index (κ2) is 8.51. The van der Waals surface area contributed by atoms with Gasteiger partial charge in [-0.25, -0.2) is 18.7 Å². The molecule has 30 heavy (non-hydrogen) atoms. The molecule has 0 saturated heterocycles. The summed E-state index contributed by atoms with van der Waals surface area (Å²) in [7, 11) is 1.88. The van der Waals surface area contributed by atoms with Gasteiger partial charge in [0.1, 0.15) is 17.5 Å². The molecule has 152 valence electrons. The van der Waals surface area contributed by atoms with E-state index < -0.39 is 11.6 Å². The third kappa shape index (κ3) is 3.97. The van der Waals surface area contributed by atoms with Crippen LogP contribution in [0.5, 0.6) is 0 Å². The van der Waals surface area contributed by atoms with E-state index in [-0.39, 0.29) is 6.61 Å². The Morgan fingerprint density at radius 2 is 1.87 bits per heavy atom. The smallest absolute Gasteiger partial charge is 0.163 e. The molecular formula is C23H20F2N4O. The summed E-state index contributed by atoms with van der Waals surface area (Å²) in [5.41, 5.74) is 2.39. The van der Waals surface area contributed by atoms with Crippen molar-refractivity contribution in [1.29, 1.82) is 0 Å². The molecule has 7 heteroatoms. The molecule has 0 aliphatic carbocycles. The van der Waals surface area contributed by atoms with Crippen molar-refractivity contribution in [3.05, 3.63) is 72.6 Å². The van der Waals surface area contributed by atoms with Crippen molar-refractivity contribution in [2.75, 3.05) is 25.1 Å². The third-order valence-corrected chi connectivity index (χ3v) is 4.85. The zero-order valence-corrected chi connectivity index (χ0v) is 16.4. The molecule has 4 aromatic rings. The van der Waals surface area contributed by atoms with Crippen LogP contribution in [0.3, 0.4) is 0 Å². The summed E-state index contributed by atoms with van der Waals surface area (Å²) in [5.74, 6) is -0.0535. The van der Waals surface area contributed by atoms with Crippen LogP contribution in [0, 0.1) is 11.6 Å². The third-order valence-electron chi connectivity index (χ3n) is 4.85. The Bertz CT molecular complexity index is 1180. The topological polar surface area (TPSA) is 62.1 Å². The van der Waals surface area contributed by atoms with Crippen molar-refractivity contribution >= 4 is 16.7 Å². The summed E-state index contributed by atoms with van der Waals surface area (Å²) in [6.07, 6.45) is 3.96. The molecule has 1 N–H and O–H groups in total. The fourth-order valence-corrected chi connectivity index (χ4v) is 3.33. The molecule has 0 amide bonds. The predicted molar refractivity (Wildman–Crippen MR) is 113 cm³/mol. The summed E-state index contributed by atoms with van der Waals surface area (Å²) >= 11 is 0. The fraction of sp³-hybridized carbons (Fsp3) is 0.174. The van der Waals surface area contributed by atoms with Crippen molar-refractivity contribution in [2.24, 2.45) is 0 Å². The first kappa shape index (κ1) is 19.8. The Morgan fingerprint density at radius 1 is 1.00 bits per heavy atom. The zero-order chi connectivity index (χ0) is 21.1. The normalized spacial score (nSPS) is 11.1. The van der Waals surface area contributed by atoms with Crippen molar-refractivity contribution in [3.8, 4) is 22.5 Å². The zero-order valence-electron chi connectivity index (χ0n) is 16.4. The van der Waals surface area contributed by atoms with Crippen LogP contribution < -0.4 is 4.90 Å². The minimum absolute atomic E-state index is 0.0643. The summed E-state index contributed by atoms with van der Waals surface area (Å²) in [5, 5.41) is 9.95. The molecule has 0 aliphatic heterocycles. The van der Waals surface area contributed by atoms with Gasteiger partial charge in [-0.3, -0.25) is 4.98 Å². The Morgan fingerprint density at radius 3 is 2.60 bits per heavy atom. The first-order chi connectivity index (χ1) is 14.6. The first-order valence-corrected chi connectivity index (χ1v) is 9.56. The average Bonchev–Trinajstić information content (AvgIpc) is 2.77. The molecule has 0 saturated carbocycles.